The van der Waals surface area contributed by atoms with Gasteiger partial charge in [-0.3, -0.25) is 0 Å². The molecule has 4 rings (SSSR count). The summed E-state index contributed by atoms with van der Waals surface area (Å²) >= 11 is 0. The van der Waals surface area contributed by atoms with Gasteiger partial charge in [-0.05, 0) is 24.3 Å². The van der Waals surface area contributed by atoms with Gasteiger partial charge in [0, 0.05) is 17.0 Å². The number of carbonyl (C=O) groups is 1. The summed E-state index contributed by atoms with van der Waals surface area (Å²) in [5.74, 6) is -0.531. The van der Waals surface area contributed by atoms with Crippen molar-refractivity contribution in [2.45, 2.75) is 6.52 Å². The van der Waals surface area contributed by atoms with Gasteiger partial charge in [0.15, 0.2) is 0 Å². The predicted octanol–water partition coefficient (Wildman–Crippen LogP) is 4.13. The first kappa shape index (κ1) is 11.6. The first-order valence-corrected chi connectivity index (χ1v) is 6.89. The molecule has 2 heterocycles. The zero-order valence-electron chi connectivity index (χ0n) is 12.6. The van der Waals surface area contributed by atoms with Crippen molar-refractivity contribution >= 4 is 27.8 Å². The molecule has 0 aliphatic rings. The highest BCUT2D eigenvalue weighted by molar-refractivity contribution is 6.02. The minimum absolute atomic E-state index is 0.181. The van der Waals surface area contributed by atoms with Gasteiger partial charge < -0.3 is 14.1 Å². The molecule has 1 unspecified atom stereocenters. The van der Waals surface area contributed by atoms with Gasteiger partial charge in [0.2, 0.25) is 0 Å². The van der Waals surface area contributed by atoms with Gasteiger partial charge in [0.1, 0.15) is 11.3 Å². The second-order valence-corrected chi connectivity index (χ2v) is 5.09. The number of nitrogens with zero attached hydrogens (tertiary/aromatic N) is 1. The van der Waals surface area contributed by atoms with Crippen molar-refractivity contribution in [3.8, 4) is 0 Å². The van der Waals surface area contributed by atoms with Crippen molar-refractivity contribution in [3.05, 3.63) is 72.1 Å². The van der Waals surface area contributed by atoms with E-state index in [-0.39, 0.29) is 5.56 Å². The van der Waals surface area contributed by atoms with E-state index in [4.69, 9.17) is 5.79 Å². The summed E-state index contributed by atoms with van der Waals surface area (Å²) in [7, 11) is 0. The molecule has 0 spiro atoms. The van der Waals surface area contributed by atoms with E-state index < -0.39 is 12.5 Å². The molecular formula is C18H13NO3. The molecule has 22 heavy (non-hydrogen) atoms. The lowest BCUT2D eigenvalue weighted by Crippen LogP contribution is -2.03. The van der Waals surface area contributed by atoms with Crippen LogP contribution in [0.5, 0.6) is 0 Å². The van der Waals surface area contributed by atoms with Crippen LogP contribution in [0, 0.1) is 0 Å². The van der Waals surface area contributed by atoms with E-state index in [0.29, 0.717) is 11.3 Å². The molecule has 2 aromatic heterocycles. The van der Waals surface area contributed by atoms with Crippen molar-refractivity contribution in [1.82, 2.24) is 4.57 Å². The Bertz CT molecular complexity index is 998. The highest BCUT2D eigenvalue weighted by Crippen LogP contribution is 2.24. The number of para-hydroxylation sites is 2. The molecule has 108 valence electrons. The van der Waals surface area contributed by atoms with Crippen LogP contribution in [-0.2, 0) is 6.52 Å². The highest BCUT2D eigenvalue weighted by Gasteiger charge is 2.13. The molecule has 0 amide bonds. The van der Waals surface area contributed by atoms with E-state index in [0.717, 1.165) is 16.4 Å². The average Bonchev–Trinajstić information content (AvgIpc) is 3.17. The topological polar surface area (TPSA) is 55.4 Å². The Morgan fingerprint density at radius 1 is 1.14 bits per heavy atom. The van der Waals surface area contributed by atoms with Crippen molar-refractivity contribution in [1.29, 1.82) is 0 Å². The minimum atomic E-state index is -1.01. The van der Waals surface area contributed by atoms with E-state index in [1.54, 1.807) is 22.9 Å². The molecule has 4 nitrogen and oxygen atoms in total. The van der Waals surface area contributed by atoms with Gasteiger partial charge in [-0.2, -0.15) is 0 Å². The zero-order valence-corrected chi connectivity index (χ0v) is 11.6. The quantitative estimate of drug-likeness (QED) is 0.617. The van der Waals surface area contributed by atoms with Gasteiger partial charge in [-0.15, -0.1) is 0 Å². The lowest BCUT2D eigenvalue weighted by atomic mass is 10.1. The Hall–Kier alpha value is -3.01. The number of benzene rings is 2. The summed E-state index contributed by atoms with van der Waals surface area (Å²) in [5.41, 5.74) is 1.43. The van der Waals surface area contributed by atoms with Crippen molar-refractivity contribution in [3.63, 3.8) is 0 Å². The molecule has 1 N–H and O–H groups in total. The Labute approximate surface area is 127 Å². The number of hydrogen-bond acceptors (Lipinski definition) is 2. The van der Waals surface area contributed by atoms with E-state index in [2.05, 4.69) is 0 Å². The van der Waals surface area contributed by atoms with Crippen LogP contribution >= 0.6 is 0 Å². The molecule has 4 heteroatoms. The third-order valence-electron chi connectivity index (χ3n) is 3.68. The van der Waals surface area contributed by atoms with Crippen LogP contribution in [-0.4, -0.2) is 15.6 Å². The zero-order chi connectivity index (χ0) is 16.0. The Morgan fingerprint density at radius 3 is 2.77 bits per heavy atom. The third-order valence-corrected chi connectivity index (χ3v) is 3.68. The number of carboxylic acids is 1. The highest BCUT2D eigenvalue weighted by atomic mass is 16.4. The molecule has 0 saturated carbocycles. The molecule has 1 atom stereocenters. The van der Waals surface area contributed by atoms with Gasteiger partial charge in [-0.1, -0.05) is 30.3 Å². The largest absolute Gasteiger partial charge is 0.478 e. The van der Waals surface area contributed by atoms with Crippen LogP contribution in [0.3, 0.4) is 0 Å². The minimum Gasteiger partial charge on any atom is -0.478 e. The maximum atomic E-state index is 11.5. The Morgan fingerprint density at radius 2 is 1.95 bits per heavy atom. The van der Waals surface area contributed by atoms with Crippen molar-refractivity contribution < 1.29 is 15.7 Å². The third kappa shape index (κ3) is 1.97. The second kappa shape index (κ2) is 4.77. The molecule has 2 aromatic carbocycles. The maximum Gasteiger partial charge on any atom is 0.337 e. The Kier molecular flexibility index (Phi) is 2.52. The van der Waals surface area contributed by atoms with E-state index in [9.17, 15) is 9.90 Å². The number of fused-ring (bicyclic) bond motifs is 2. The summed E-state index contributed by atoms with van der Waals surface area (Å²) < 4.78 is 15.9. The lowest BCUT2D eigenvalue weighted by Gasteiger charge is -2.05. The van der Waals surface area contributed by atoms with Gasteiger partial charge in [0.25, 0.3) is 0 Å². The second-order valence-electron chi connectivity index (χ2n) is 5.09. The Balaban J connectivity index is 1.89. The molecule has 4 aromatic rings. The van der Waals surface area contributed by atoms with Crippen LogP contribution in [0.25, 0.3) is 21.9 Å². The van der Waals surface area contributed by atoms with E-state index in [1.807, 2.05) is 42.5 Å². The van der Waals surface area contributed by atoms with Gasteiger partial charge in [0.05, 0.1) is 19.0 Å². The molecule has 0 saturated heterocycles. The fraction of sp³-hybridized carbons (Fsp3) is 0.0556. The fourth-order valence-corrected chi connectivity index (χ4v) is 2.70. The molecule has 0 radical (unpaired) electrons. The van der Waals surface area contributed by atoms with Crippen LogP contribution in [0.1, 0.15) is 17.5 Å². The van der Waals surface area contributed by atoms with Gasteiger partial charge in [-0.25, -0.2) is 4.79 Å². The maximum absolute atomic E-state index is 11.5. The number of aromatic carboxylic acids is 1. The average molecular weight is 292 g/mol. The van der Waals surface area contributed by atoms with Crippen LogP contribution in [0.2, 0.25) is 0 Å². The summed E-state index contributed by atoms with van der Waals surface area (Å²) in [6, 6.07) is 16.3. The first-order chi connectivity index (χ1) is 11.1. The summed E-state index contributed by atoms with van der Waals surface area (Å²) in [6.45, 7) is -0.847. The first-order valence-electron chi connectivity index (χ1n) is 7.46. The number of aromatic nitrogens is 1. The lowest BCUT2D eigenvalue weighted by molar-refractivity contribution is 0.0698. The monoisotopic (exact) mass is 292 g/mol. The van der Waals surface area contributed by atoms with Crippen molar-refractivity contribution in [2.24, 2.45) is 0 Å². The number of rotatable bonds is 3. The summed E-state index contributed by atoms with van der Waals surface area (Å²) in [5, 5.41) is 11.1. The number of hydrogen-bond donors (Lipinski definition) is 1. The molecule has 0 bridgehead atoms. The van der Waals surface area contributed by atoms with Crippen molar-refractivity contribution in [2.75, 3.05) is 0 Å². The standard InChI is InChI=1S/C18H13NO3/c20-18(21)15-6-3-5-12-8-9-19(17(12)15)11-14-10-13-4-1-2-7-16(13)22-14/h1-10H,11H2,(H,20,21)/i11D. The van der Waals surface area contributed by atoms with E-state index in [1.165, 1.54) is 0 Å². The smallest absolute Gasteiger partial charge is 0.337 e. The number of furan rings is 1. The van der Waals surface area contributed by atoms with Crippen LogP contribution < -0.4 is 0 Å². The SMILES string of the molecule is [2H]C(c1cc2ccccc2o1)n1ccc2cccc(C(=O)O)c21. The van der Waals surface area contributed by atoms with Crippen LogP contribution in [0.15, 0.2) is 65.2 Å². The molecular weight excluding hydrogens is 278 g/mol. The van der Waals surface area contributed by atoms with Crippen LogP contribution in [0.4, 0.5) is 0 Å². The molecule has 0 aliphatic heterocycles. The summed E-state index contributed by atoms with van der Waals surface area (Å²) in [4.78, 5) is 11.5. The fourth-order valence-electron chi connectivity index (χ4n) is 2.70. The van der Waals surface area contributed by atoms with E-state index >= 15 is 0 Å². The summed E-state index contributed by atoms with van der Waals surface area (Å²) in [6.07, 6.45) is 1.72. The predicted molar refractivity (Wildman–Crippen MR) is 84.2 cm³/mol. The molecule has 0 fully saturated rings. The normalized spacial score (nSPS) is 13.4. The number of carboxylic acid groups (broad SMARTS) is 1. The molecule has 0 aliphatic carbocycles. The van der Waals surface area contributed by atoms with Gasteiger partial charge >= 0.3 is 5.97 Å².